The summed E-state index contributed by atoms with van der Waals surface area (Å²) in [6.45, 7) is 2.78. The lowest BCUT2D eigenvalue weighted by atomic mass is 10.1. The Morgan fingerprint density at radius 3 is 2.75 bits per heavy atom. The number of nitrogens with zero attached hydrogens (tertiary/aromatic N) is 2. The highest BCUT2D eigenvalue weighted by Gasteiger charge is 2.29. The van der Waals surface area contributed by atoms with E-state index < -0.39 is 0 Å². The molecule has 4 nitrogen and oxygen atoms in total. The minimum absolute atomic E-state index is 0.0220. The first-order valence-corrected chi connectivity index (χ1v) is 5.81. The van der Waals surface area contributed by atoms with Crippen LogP contribution >= 0.6 is 0 Å². The Hall–Kier alpha value is -1.13. The molecule has 1 aliphatic carbocycles. The molecule has 16 heavy (non-hydrogen) atoms. The van der Waals surface area contributed by atoms with Crippen molar-refractivity contribution < 1.29 is 5.11 Å². The van der Waals surface area contributed by atoms with E-state index in [2.05, 4.69) is 9.88 Å². The minimum Gasteiger partial charge on any atom is -0.395 e. The van der Waals surface area contributed by atoms with Gasteiger partial charge in [0.05, 0.1) is 6.61 Å². The van der Waals surface area contributed by atoms with E-state index in [1.54, 1.807) is 0 Å². The highest BCUT2D eigenvalue weighted by atomic mass is 16.3. The maximum Gasteiger partial charge on any atom is 0.128 e. The van der Waals surface area contributed by atoms with E-state index in [0.29, 0.717) is 12.6 Å². The largest absolute Gasteiger partial charge is 0.395 e. The monoisotopic (exact) mass is 221 g/mol. The fourth-order valence-corrected chi connectivity index (χ4v) is 1.81. The van der Waals surface area contributed by atoms with Crippen molar-refractivity contribution in [2.45, 2.75) is 31.8 Å². The van der Waals surface area contributed by atoms with Gasteiger partial charge in [0.15, 0.2) is 0 Å². The van der Waals surface area contributed by atoms with E-state index in [9.17, 15) is 0 Å². The molecule has 3 N–H and O–H groups in total. The van der Waals surface area contributed by atoms with Crippen molar-refractivity contribution in [2.75, 3.05) is 18.1 Å². The molecule has 0 aromatic carbocycles. The molecule has 1 aliphatic rings. The highest BCUT2D eigenvalue weighted by Crippen LogP contribution is 2.30. The molecule has 1 aromatic rings. The molecule has 0 radical (unpaired) electrons. The maximum atomic E-state index is 9.03. The molecule has 1 heterocycles. The molecule has 88 valence electrons. The SMILES string of the molecule is C[C@H](N)c1ccc(N(CCO)C2CC2)nc1. The summed E-state index contributed by atoms with van der Waals surface area (Å²) in [5.41, 5.74) is 6.82. The molecule has 0 aliphatic heterocycles. The Kier molecular flexibility index (Phi) is 3.41. The van der Waals surface area contributed by atoms with E-state index >= 15 is 0 Å². The predicted octanol–water partition coefficient (Wildman–Crippen LogP) is 1.06. The lowest BCUT2D eigenvalue weighted by molar-refractivity contribution is 0.301. The smallest absolute Gasteiger partial charge is 0.128 e. The Bertz CT molecular complexity index is 333. The molecule has 2 rings (SSSR count). The fourth-order valence-electron chi connectivity index (χ4n) is 1.81. The molecule has 1 saturated carbocycles. The number of aliphatic hydroxyl groups is 1. The van der Waals surface area contributed by atoms with Gasteiger partial charge in [-0.15, -0.1) is 0 Å². The van der Waals surface area contributed by atoms with Crippen LogP contribution < -0.4 is 10.6 Å². The van der Waals surface area contributed by atoms with Crippen LogP contribution in [0.4, 0.5) is 5.82 Å². The Labute approximate surface area is 96.1 Å². The first-order chi connectivity index (χ1) is 7.72. The second kappa shape index (κ2) is 4.80. The molecule has 1 aromatic heterocycles. The zero-order valence-electron chi connectivity index (χ0n) is 9.63. The van der Waals surface area contributed by atoms with Crippen LogP contribution in [-0.4, -0.2) is 29.3 Å². The normalized spacial score (nSPS) is 17.2. The third-order valence-corrected chi connectivity index (χ3v) is 2.92. The van der Waals surface area contributed by atoms with Crippen LogP contribution in [0.25, 0.3) is 0 Å². The van der Waals surface area contributed by atoms with Gasteiger partial charge in [0.25, 0.3) is 0 Å². The molecule has 0 bridgehead atoms. The second-order valence-corrected chi connectivity index (χ2v) is 4.39. The number of hydrogen-bond acceptors (Lipinski definition) is 4. The van der Waals surface area contributed by atoms with Crippen molar-refractivity contribution >= 4 is 5.82 Å². The topological polar surface area (TPSA) is 62.4 Å². The van der Waals surface area contributed by atoms with E-state index in [0.717, 1.165) is 11.4 Å². The number of aromatic nitrogens is 1. The number of rotatable bonds is 5. The quantitative estimate of drug-likeness (QED) is 0.780. The molecule has 1 fully saturated rings. The van der Waals surface area contributed by atoms with Crippen molar-refractivity contribution in [3.05, 3.63) is 23.9 Å². The molecule has 0 saturated heterocycles. The number of hydrogen-bond donors (Lipinski definition) is 2. The first-order valence-electron chi connectivity index (χ1n) is 5.81. The minimum atomic E-state index is 0.0220. The molecular formula is C12H19N3O. The van der Waals surface area contributed by atoms with Crippen molar-refractivity contribution in [2.24, 2.45) is 5.73 Å². The van der Waals surface area contributed by atoms with Gasteiger partial charge in [-0.3, -0.25) is 0 Å². The van der Waals surface area contributed by atoms with Gasteiger partial charge in [-0.05, 0) is 31.4 Å². The van der Waals surface area contributed by atoms with Gasteiger partial charge in [-0.25, -0.2) is 4.98 Å². The fraction of sp³-hybridized carbons (Fsp3) is 0.583. The standard InChI is InChI=1S/C12H19N3O/c1-9(13)10-2-5-12(14-8-10)15(6-7-16)11-3-4-11/h2,5,8-9,11,16H,3-4,6-7,13H2,1H3/t9-/m0/s1. The summed E-state index contributed by atoms with van der Waals surface area (Å²) in [6.07, 6.45) is 4.24. The highest BCUT2D eigenvalue weighted by molar-refractivity contribution is 5.42. The van der Waals surface area contributed by atoms with Crippen LogP contribution in [-0.2, 0) is 0 Å². The summed E-state index contributed by atoms with van der Waals surface area (Å²) in [4.78, 5) is 6.59. The number of anilines is 1. The van der Waals surface area contributed by atoms with Crippen LogP contribution in [0.2, 0.25) is 0 Å². The van der Waals surface area contributed by atoms with Gasteiger partial charge in [0.2, 0.25) is 0 Å². The third-order valence-electron chi connectivity index (χ3n) is 2.92. The first kappa shape index (κ1) is 11.4. The summed E-state index contributed by atoms with van der Waals surface area (Å²) in [7, 11) is 0. The van der Waals surface area contributed by atoms with E-state index in [1.165, 1.54) is 12.8 Å². The van der Waals surface area contributed by atoms with Crippen molar-refractivity contribution in [3.8, 4) is 0 Å². The van der Waals surface area contributed by atoms with Gasteiger partial charge in [-0.1, -0.05) is 6.07 Å². The maximum absolute atomic E-state index is 9.03. The number of aliphatic hydroxyl groups excluding tert-OH is 1. The molecule has 1 atom stereocenters. The molecule has 0 amide bonds. The summed E-state index contributed by atoms with van der Waals surface area (Å²) in [5, 5.41) is 9.03. The van der Waals surface area contributed by atoms with Crippen LogP contribution in [0.1, 0.15) is 31.4 Å². The summed E-state index contributed by atoms with van der Waals surface area (Å²) < 4.78 is 0. The van der Waals surface area contributed by atoms with Crippen LogP contribution in [0.15, 0.2) is 18.3 Å². The Morgan fingerprint density at radius 1 is 1.56 bits per heavy atom. The van der Waals surface area contributed by atoms with Gasteiger partial charge in [-0.2, -0.15) is 0 Å². The summed E-state index contributed by atoms with van der Waals surface area (Å²) >= 11 is 0. The average molecular weight is 221 g/mol. The van der Waals surface area contributed by atoms with Crippen LogP contribution in [0.5, 0.6) is 0 Å². The van der Waals surface area contributed by atoms with E-state index in [1.807, 2.05) is 25.3 Å². The third kappa shape index (κ3) is 2.51. The second-order valence-electron chi connectivity index (χ2n) is 4.39. The van der Waals surface area contributed by atoms with E-state index in [-0.39, 0.29) is 12.6 Å². The molecule has 0 spiro atoms. The van der Waals surface area contributed by atoms with Crippen LogP contribution in [0.3, 0.4) is 0 Å². The summed E-state index contributed by atoms with van der Waals surface area (Å²) in [5.74, 6) is 0.945. The predicted molar refractivity (Wildman–Crippen MR) is 64.3 cm³/mol. The Balaban J connectivity index is 2.11. The zero-order valence-corrected chi connectivity index (χ0v) is 9.63. The van der Waals surface area contributed by atoms with Crippen molar-refractivity contribution in [1.29, 1.82) is 0 Å². The molecular weight excluding hydrogens is 202 g/mol. The van der Waals surface area contributed by atoms with E-state index in [4.69, 9.17) is 10.8 Å². The lowest BCUT2D eigenvalue weighted by Crippen LogP contribution is -2.29. The van der Waals surface area contributed by atoms with Gasteiger partial charge in [0.1, 0.15) is 5.82 Å². The Morgan fingerprint density at radius 2 is 2.31 bits per heavy atom. The number of nitrogens with two attached hydrogens (primary N) is 1. The van der Waals surface area contributed by atoms with Crippen molar-refractivity contribution in [3.63, 3.8) is 0 Å². The van der Waals surface area contributed by atoms with Gasteiger partial charge < -0.3 is 15.7 Å². The lowest BCUT2D eigenvalue weighted by Gasteiger charge is -2.22. The zero-order chi connectivity index (χ0) is 11.5. The van der Waals surface area contributed by atoms with Gasteiger partial charge in [0, 0.05) is 24.8 Å². The van der Waals surface area contributed by atoms with Crippen LogP contribution in [0, 0.1) is 0 Å². The average Bonchev–Trinajstić information content (AvgIpc) is 3.10. The van der Waals surface area contributed by atoms with Crippen molar-refractivity contribution in [1.82, 2.24) is 4.98 Å². The number of pyridine rings is 1. The van der Waals surface area contributed by atoms with Gasteiger partial charge >= 0.3 is 0 Å². The molecule has 0 unspecified atom stereocenters. The molecule has 4 heteroatoms. The summed E-state index contributed by atoms with van der Waals surface area (Å²) in [6, 6.07) is 4.60.